The Morgan fingerprint density at radius 2 is 2.07 bits per heavy atom. The molecule has 0 spiro atoms. The van der Waals surface area contributed by atoms with Crippen LogP contribution in [0.4, 0.5) is 0 Å². The van der Waals surface area contributed by atoms with Gasteiger partial charge in [-0.25, -0.2) is 0 Å². The smallest absolute Gasteiger partial charge is 0.318 e. The van der Waals surface area contributed by atoms with Gasteiger partial charge in [0.05, 0.1) is 0 Å². The predicted molar refractivity (Wildman–Crippen MR) is 54.2 cm³/mol. The molecule has 2 aliphatic carbocycles. The molecule has 4 nitrogen and oxygen atoms in total. The SMILES string of the molecule is NC(=O)C(=O)NSC1CC2CCC1C2. The first-order valence-electron chi connectivity index (χ1n) is 4.92. The van der Waals surface area contributed by atoms with Crippen LogP contribution in [0, 0.1) is 11.8 Å². The third kappa shape index (κ3) is 1.87. The summed E-state index contributed by atoms with van der Waals surface area (Å²) in [5, 5.41) is 0.497. The quantitative estimate of drug-likeness (QED) is 0.517. The minimum absolute atomic E-state index is 0.497. The average Bonchev–Trinajstić information content (AvgIpc) is 2.74. The maximum absolute atomic E-state index is 10.9. The van der Waals surface area contributed by atoms with Crippen molar-refractivity contribution < 1.29 is 9.59 Å². The highest BCUT2D eigenvalue weighted by Gasteiger charge is 2.40. The second kappa shape index (κ2) is 3.81. The average molecular weight is 214 g/mol. The fourth-order valence-corrected chi connectivity index (χ4v) is 3.68. The molecule has 14 heavy (non-hydrogen) atoms. The lowest BCUT2D eigenvalue weighted by Crippen LogP contribution is -2.34. The van der Waals surface area contributed by atoms with Crippen molar-refractivity contribution in [3.8, 4) is 0 Å². The number of carbonyl (C=O) groups is 2. The zero-order valence-corrected chi connectivity index (χ0v) is 8.68. The van der Waals surface area contributed by atoms with Crippen LogP contribution in [0.1, 0.15) is 25.7 Å². The van der Waals surface area contributed by atoms with Gasteiger partial charge in [0.2, 0.25) is 0 Å². The molecule has 0 aliphatic heterocycles. The number of carbonyl (C=O) groups excluding carboxylic acids is 2. The number of amides is 2. The molecule has 0 aromatic carbocycles. The molecule has 2 rings (SSSR count). The van der Waals surface area contributed by atoms with Gasteiger partial charge in [-0.2, -0.15) is 0 Å². The third-order valence-corrected chi connectivity index (χ3v) is 4.38. The summed E-state index contributed by atoms with van der Waals surface area (Å²) in [6.07, 6.45) is 5.08. The van der Waals surface area contributed by atoms with E-state index in [1.165, 1.54) is 37.6 Å². The van der Waals surface area contributed by atoms with Gasteiger partial charge in [-0.05, 0) is 43.0 Å². The van der Waals surface area contributed by atoms with Crippen LogP contribution in [0.25, 0.3) is 0 Å². The molecule has 3 N–H and O–H groups in total. The van der Waals surface area contributed by atoms with Crippen LogP contribution in [-0.4, -0.2) is 17.1 Å². The Morgan fingerprint density at radius 1 is 1.29 bits per heavy atom. The van der Waals surface area contributed by atoms with E-state index in [9.17, 15) is 9.59 Å². The lowest BCUT2D eigenvalue weighted by molar-refractivity contribution is -0.136. The van der Waals surface area contributed by atoms with E-state index in [-0.39, 0.29) is 0 Å². The van der Waals surface area contributed by atoms with E-state index < -0.39 is 11.8 Å². The molecular formula is C9H14N2O2S. The van der Waals surface area contributed by atoms with Crippen molar-refractivity contribution in [2.45, 2.75) is 30.9 Å². The van der Waals surface area contributed by atoms with Gasteiger partial charge in [0.25, 0.3) is 0 Å². The van der Waals surface area contributed by atoms with E-state index in [0.29, 0.717) is 5.25 Å². The highest BCUT2D eigenvalue weighted by atomic mass is 32.2. The molecule has 2 fully saturated rings. The minimum Gasteiger partial charge on any atom is -0.361 e. The van der Waals surface area contributed by atoms with E-state index >= 15 is 0 Å². The molecule has 0 aromatic heterocycles. The Balaban J connectivity index is 1.77. The van der Waals surface area contributed by atoms with Gasteiger partial charge in [0, 0.05) is 5.25 Å². The highest BCUT2D eigenvalue weighted by Crippen LogP contribution is 2.48. The summed E-state index contributed by atoms with van der Waals surface area (Å²) >= 11 is 1.38. The zero-order chi connectivity index (χ0) is 10.1. The summed E-state index contributed by atoms with van der Waals surface area (Å²) in [6, 6.07) is 0. The van der Waals surface area contributed by atoms with Crippen molar-refractivity contribution >= 4 is 23.8 Å². The van der Waals surface area contributed by atoms with Crippen molar-refractivity contribution in [3.63, 3.8) is 0 Å². The first kappa shape index (κ1) is 9.83. The van der Waals surface area contributed by atoms with E-state index in [2.05, 4.69) is 4.72 Å². The van der Waals surface area contributed by atoms with Crippen LogP contribution in [0.3, 0.4) is 0 Å². The standard InChI is InChI=1S/C9H14N2O2S/c10-8(12)9(13)11-14-7-4-5-1-2-6(7)3-5/h5-7H,1-4H2,(H2,10,12)(H,11,13). The largest absolute Gasteiger partial charge is 0.361 e. The van der Waals surface area contributed by atoms with Crippen LogP contribution >= 0.6 is 11.9 Å². The Kier molecular flexibility index (Phi) is 2.67. The fourth-order valence-electron chi connectivity index (χ4n) is 2.51. The molecular weight excluding hydrogens is 200 g/mol. The maximum Gasteiger partial charge on any atom is 0.318 e. The van der Waals surface area contributed by atoms with Crippen LogP contribution in [-0.2, 0) is 9.59 Å². The molecule has 0 saturated heterocycles. The van der Waals surface area contributed by atoms with E-state index in [1.54, 1.807) is 0 Å². The van der Waals surface area contributed by atoms with Crippen molar-refractivity contribution in [1.29, 1.82) is 0 Å². The Hall–Kier alpha value is -0.710. The lowest BCUT2D eigenvalue weighted by Gasteiger charge is -2.20. The Bertz CT molecular complexity index is 270. The predicted octanol–water partition coefficient (Wildman–Crippen LogP) is 0.425. The van der Waals surface area contributed by atoms with Gasteiger partial charge in [-0.1, -0.05) is 6.42 Å². The highest BCUT2D eigenvalue weighted by molar-refractivity contribution is 7.98. The zero-order valence-electron chi connectivity index (χ0n) is 7.86. The maximum atomic E-state index is 10.9. The second-order valence-electron chi connectivity index (χ2n) is 4.13. The monoisotopic (exact) mass is 214 g/mol. The molecule has 5 heteroatoms. The lowest BCUT2D eigenvalue weighted by atomic mass is 10.0. The molecule has 2 bridgehead atoms. The van der Waals surface area contributed by atoms with E-state index in [4.69, 9.17) is 5.73 Å². The van der Waals surface area contributed by atoms with Gasteiger partial charge < -0.3 is 5.73 Å². The number of hydrogen-bond donors (Lipinski definition) is 2. The summed E-state index contributed by atoms with van der Waals surface area (Å²) in [6.45, 7) is 0. The number of primary amides is 1. The first-order valence-corrected chi connectivity index (χ1v) is 5.80. The number of nitrogens with one attached hydrogen (secondary N) is 1. The van der Waals surface area contributed by atoms with Crippen LogP contribution in [0.2, 0.25) is 0 Å². The summed E-state index contributed by atoms with van der Waals surface area (Å²) in [4.78, 5) is 21.4. The van der Waals surface area contributed by atoms with E-state index in [1.807, 2.05) is 0 Å². The number of hydrogen-bond acceptors (Lipinski definition) is 3. The van der Waals surface area contributed by atoms with E-state index in [0.717, 1.165) is 11.8 Å². The van der Waals surface area contributed by atoms with Gasteiger partial charge in [0.15, 0.2) is 0 Å². The van der Waals surface area contributed by atoms with Crippen LogP contribution in [0.15, 0.2) is 0 Å². The van der Waals surface area contributed by atoms with Crippen LogP contribution in [0.5, 0.6) is 0 Å². The number of fused-ring (bicyclic) bond motifs is 2. The number of nitrogens with two attached hydrogens (primary N) is 1. The van der Waals surface area contributed by atoms with Crippen LogP contribution < -0.4 is 10.5 Å². The van der Waals surface area contributed by atoms with Gasteiger partial charge in [-0.3, -0.25) is 14.3 Å². The fraction of sp³-hybridized carbons (Fsp3) is 0.778. The Labute approximate surface area is 87.1 Å². The van der Waals surface area contributed by atoms with Crippen molar-refractivity contribution in [3.05, 3.63) is 0 Å². The molecule has 2 amide bonds. The van der Waals surface area contributed by atoms with Crippen molar-refractivity contribution in [1.82, 2.24) is 4.72 Å². The summed E-state index contributed by atoms with van der Waals surface area (Å²) in [5.41, 5.74) is 4.83. The summed E-state index contributed by atoms with van der Waals surface area (Å²) in [7, 11) is 0. The van der Waals surface area contributed by atoms with Crippen molar-refractivity contribution in [2.75, 3.05) is 0 Å². The van der Waals surface area contributed by atoms with Crippen molar-refractivity contribution in [2.24, 2.45) is 17.6 Å². The molecule has 2 saturated carbocycles. The second-order valence-corrected chi connectivity index (χ2v) is 5.17. The van der Waals surface area contributed by atoms with Gasteiger partial charge in [0.1, 0.15) is 0 Å². The van der Waals surface area contributed by atoms with Gasteiger partial charge >= 0.3 is 11.8 Å². The molecule has 0 aromatic rings. The first-order chi connectivity index (χ1) is 6.66. The molecule has 3 unspecified atom stereocenters. The Morgan fingerprint density at radius 3 is 2.57 bits per heavy atom. The minimum atomic E-state index is -0.902. The molecule has 2 aliphatic rings. The summed E-state index contributed by atoms with van der Waals surface area (Å²) < 4.78 is 2.51. The molecule has 3 atom stereocenters. The topological polar surface area (TPSA) is 72.2 Å². The third-order valence-electron chi connectivity index (χ3n) is 3.20. The molecule has 0 heterocycles. The molecule has 78 valence electrons. The normalized spacial score (nSPS) is 34.4. The summed E-state index contributed by atoms with van der Waals surface area (Å²) in [5.74, 6) is -0.000383. The van der Waals surface area contributed by atoms with Gasteiger partial charge in [-0.15, -0.1) is 0 Å². The molecule has 0 radical (unpaired) electrons. The number of rotatable bonds is 2.